The Labute approximate surface area is 140 Å². The highest BCUT2D eigenvalue weighted by molar-refractivity contribution is 5.81. The first kappa shape index (κ1) is 19.7. The Morgan fingerprint density at radius 2 is 2.17 bits per heavy atom. The van der Waals surface area contributed by atoms with Crippen molar-refractivity contribution >= 4 is 11.9 Å². The van der Waals surface area contributed by atoms with Gasteiger partial charge in [0, 0.05) is 53.2 Å². The van der Waals surface area contributed by atoms with Crippen molar-refractivity contribution in [1.29, 1.82) is 0 Å². The minimum absolute atomic E-state index is 0.107. The molecule has 1 unspecified atom stereocenters. The van der Waals surface area contributed by atoms with Crippen LogP contribution in [0.15, 0.2) is 4.99 Å². The van der Waals surface area contributed by atoms with Crippen LogP contribution in [-0.4, -0.2) is 88.9 Å². The Bertz CT molecular complexity index is 374. The molecule has 7 nitrogen and oxygen atoms in total. The van der Waals surface area contributed by atoms with Gasteiger partial charge in [-0.1, -0.05) is 0 Å². The third-order valence-corrected chi connectivity index (χ3v) is 3.79. The molecular formula is C16H32N4O3. The molecular weight excluding hydrogens is 296 g/mol. The fourth-order valence-electron chi connectivity index (χ4n) is 2.46. The number of nitrogens with zero attached hydrogens (tertiary/aromatic N) is 3. The van der Waals surface area contributed by atoms with E-state index in [1.807, 2.05) is 0 Å². The molecule has 1 heterocycles. The second kappa shape index (κ2) is 11.2. The maximum Gasteiger partial charge on any atom is 0.223 e. The van der Waals surface area contributed by atoms with Gasteiger partial charge in [0.2, 0.25) is 5.91 Å². The van der Waals surface area contributed by atoms with Crippen LogP contribution in [0, 0.1) is 5.92 Å². The van der Waals surface area contributed by atoms with Gasteiger partial charge in [0.25, 0.3) is 0 Å². The van der Waals surface area contributed by atoms with E-state index in [-0.39, 0.29) is 5.91 Å². The van der Waals surface area contributed by atoms with Crippen LogP contribution in [0.25, 0.3) is 0 Å². The summed E-state index contributed by atoms with van der Waals surface area (Å²) in [7, 11) is 5.22. The summed E-state index contributed by atoms with van der Waals surface area (Å²) in [5, 5.41) is 3.31. The molecule has 23 heavy (non-hydrogen) atoms. The van der Waals surface area contributed by atoms with E-state index < -0.39 is 0 Å². The quantitative estimate of drug-likeness (QED) is 0.377. The molecule has 1 aliphatic heterocycles. The fourth-order valence-corrected chi connectivity index (χ4v) is 2.46. The lowest BCUT2D eigenvalue weighted by atomic mass is 10.1. The van der Waals surface area contributed by atoms with Crippen LogP contribution in [0.4, 0.5) is 0 Å². The summed E-state index contributed by atoms with van der Waals surface area (Å²) in [5.41, 5.74) is 0. The van der Waals surface area contributed by atoms with Gasteiger partial charge in [-0.25, -0.2) is 0 Å². The molecule has 0 saturated carbocycles. The molecule has 0 aliphatic carbocycles. The highest BCUT2D eigenvalue weighted by atomic mass is 16.5. The smallest absolute Gasteiger partial charge is 0.223 e. The molecule has 134 valence electrons. The zero-order valence-electron chi connectivity index (χ0n) is 15.0. The Kier molecular flexibility index (Phi) is 9.63. The van der Waals surface area contributed by atoms with Crippen molar-refractivity contribution in [3.63, 3.8) is 0 Å². The highest BCUT2D eigenvalue weighted by Gasteiger charge is 2.24. The van der Waals surface area contributed by atoms with Crippen LogP contribution in [0.2, 0.25) is 0 Å². The Balaban J connectivity index is 2.40. The van der Waals surface area contributed by atoms with Crippen molar-refractivity contribution in [2.24, 2.45) is 10.9 Å². The number of ether oxygens (including phenoxy) is 2. The van der Waals surface area contributed by atoms with Crippen LogP contribution < -0.4 is 5.32 Å². The summed E-state index contributed by atoms with van der Waals surface area (Å²) < 4.78 is 10.6. The Hall–Kier alpha value is -1.34. The number of methoxy groups -OCH3 is 1. The predicted octanol–water partition coefficient (Wildman–Crippen LogP) is 0.415. The van der Waals surface area contributed by atoms with Gasteiger partial charge in [0.05, 0.1) is 26.4 Å². The van der Waals surface area contributed by atoms with E-state index in [2.05, 4.69) is 22.1 Å². The van der Waals surface area contributed by atoms with Gasteiger partial charge in [-0.05, 0) is 13.3 Å². The number of aliphatic imine (C=N–C) groups is 1. The molecule has 0 aromatic rings. The number of hydrogen-bond acceptors (Lipinski definition) is 4. The third kappa shape index (κ3) is 7.65. The fraction of sp³-hybridized carbons (Fsp3) is 0.875. The monoisotopic (exact) mass is 328 g/mol. The van der Waals surface area contributed by atoms with Gasteiger partial charge in [-0.3, -0.25) is 9.79 Å². The number of likely N-dealkylation sites (tertiary alicyclic amines) is 1. The summed E-state index contributed by atoms with van der Waals surface area (Å²) in [6.45, 7) is 7.37. The Morgan fingerprint density at radius 3 is 2.83 bits per heavy atom. The number of nitrogens with one attached hydrogen (secondary N) is 1. The second-order valence-corrected chi connectivity index (χ2v) is 5.94. The molecule has 1 aliphatic rings. The van der Waals surface area contributed by atoms with E-state index in [1.54, 1.807) is 26.1 Å². The largest absolute Gasteiger partial charge is 0.382 e. The summed E-state index contributed by atoms with van der Waals surface area (Å²) in [6.07, 6.45) is 1.55. The maximum atomic E-state index is 11.6. The van der Waals surface area contributed by atoms with E-state index in [1.165, 1.54) is 0 Å². The van der Waals surface area contributed by atoms with E-state index in [0.29, 0.717) is 32.1 Å². The summed E-state index contributed by atoms with van der Waals surface area (Å²) in [6, 6.07) is 0. The lowest BCUT2D eigenvalue weighted by Gasteiger charge is -2.21. The molecule has 1 N–H and O–H groups in total. The summed E-state index contributed by atoms with van der Waals surface area (Å²) in [4.78, 5) is 20.1. The van der Waals surface area contributed by atoms with Crippen LogP contribution in [0.3, 0.4) is 0 Å². The molecule has 1 saturated heterocycles. The van der Waals surface area contributed by atoms with E-state index in [0.717, 1.165) is 38.6 Å². The first-order valence-corrected chi connectivity index (χ1v) is 8.38. The van der Waals surface area contributed by atoms with E-state index >= 15 is 0 Å². The molecule has 1 fully saturated rings. The van der Waals surface area contributed by atoms with Crippen molar-refractivity contribution in [3.05, 3.63) is 0 Å². The van der Waals surface area contributed by atoms with Gasteiger partial charge < -0.3 is 24.6 Å². The highest BCUT2D eigenvalue weighted by Crippen LogP contribution is 2.16. The summed E-state index contributed by atoms with van der Waals surface area (Å²) in [5.74, 6) is 1.54. The first-order chi connectivity index (χ1) is 11.1. The molecule has 1 rings (SSSR count). The van der Waals surface area contributed by atoms with Crippen molar-refractivity contribution < 1.29 is 14.3 Å². The minimum atomic E-state index is 0.107. The number of hydrogen-bond donors (Lipinski definition) is 1. The number of carbonyl (C=O) groups excluding carboxylic acids is 1. The van der Waals surface area contributed by atoms with Crippen LogP contribution in [0.5, 0.6) is 0 Å². The van der Waals surface area contributed by atoms with Crippen molar-refractivity contribution in [2.45, 2.75) is 19.8 Å². The van der Waals surface area contributed by atoms with Gasteiger partial charge in [0.15, 0.2) is 5.96 Å². The molecule has 0 radical (unpaired) electrons. The van der Waals surface area contributed by atoms with Crippen LogP contribution in [0.1, 0.15) is 19.8 Å². The van der Waals surface area contributed by atoms with Gasteiger partial charge in [-0.15, -0.1) is 0 Å². The molecule has 0 spiro atoms. The van der Waals surface area contributed by atoms with Gasteiger partial charge in [0.1, 0.15) is 0 Å². The zero-order valence-corrected chi connectivity index (χ0v) is 15.0. The normalized spacial score (nSPS) is 18.3. The lowest BCUT2D eigenvalue weighted by molar-refractivity contribution is -0.128. The Morgan fingerprint density at radius 1 is 1.39 bits per heavy atom. The lowest BCUT2D eigenvalue weighted by Crippen LogP contribution is -2.40. The van der Waals surface area contributed by atoms with Crippen LogP contribution >= 0.6 is 0 Å². The number of guanidine groups is 1. The van der Waals surface area contributed by atoms with Crippen molar-refractivity contribution in [1.82, 2.24) is 15.1 Å². The molecule has 1 amide bonds. The van der Waals surface area contributed by atoms with Crippen molar-refractivity contribution in [3.8, 4) is 0 Å². The average Bonchev–Trinajstić information content (AvgIpc) is 2.99. The van der Waals surface area contributed by atoms with E-state index in [9.17, 15) is 4.79 Å². The second-order valence-electron chi connectivity index (χ2n) is 5.94. The topological polar surface area (TPSA) is 66.4 Å². The average molecular weight is 328 g/mol. The van der Waals surface area contributed by atoms with Gasteiger partial charge >= 0.3 is 0 Å². The third-order valence-electron chi connectivity index (χ3n) is 3.79. The molecule has 0 bridgehead atoms. The number of rotatable bonds is 9. The number of amides is 1. The van der Waals surface area contributed by atoms with E-state index in [4.69, 9.17) is 9.47 Å². The molecule has 1 atom stereocenters. The van der Waals surface area contributed by atoms with Crippen LogP contribution in [-0.2, 0) is 14.3 Å². The zero-order chi connectivity index (χ0) is 17.1. The minimum Gasteiger partial charge on any atom is -0.382 e. The molecule has 7 heteroatoms. The molecule has 0 aromatic carbocycles. The van der Waals surface area contributed by atoms with Crippen molar-refractivity contribution in [2.75, 3.05) is 67.2 Å². The standard InChI is InChI=1S/C16H32N4O3/c1-5-17-16(18-8-6-15(21)19(2)3)20-9-7-14(12-20)13-23-11-10-22-4/h14H,5-13H2,1-4H3,(H,17,18). The van der Waals surface area contributed by atoms with Gasteiger partial charge in [-0.2, -0.15) is 0 Å². The maximum absolute atomic E-state index is 11.6. The SMILES string of the molecule is CCNC(=NCCC(=O)N(C)C)N1CCC(COCCOC)C1. The first-order valence-electron chi connectivity index (χ1n) is 8.38. The molecule has 0 aromatic heterocycles. The predicted molar refractivity (Wildman–Crippen MR) is 91.7 cm³/mol. The summed E-state index contributed by atoms with van der Waals surface area (Å²) >= 11 is 0. The number of carbonyl (C=O) groups is 1.